The summed E-state index contributed by atoms with van der Waals surface area (Å²) in [5, 5.41) is 44.1. The van der Waals surface area contributed by atoms with Crippen molar-refractivity contribution in [3.8, 4) is 5.75 Å². The van der Waals surface area contributed by atoms with Crippen LogP contribution in [0.4, 0.5) is 0 Å². The SMILES string of the molecule is C[C@H](NC(=O)[C@H](C)NC(=O)[C@@H](N)Cc1ccc(O)cc1)C(=O)N[C@H](C(=O)N[C@@H](C)C(=O)N[C@@H](Cc1ccccc1)C(=O)N[C@@H](CCCCN)C(=O)O)[C@@H](C)O. The van der Waals surface area contributed by atoms with Crippen LogP contribution in [0.5, 0.6) is 5.75 Å². The van der Waals surface area contributed by atoms with Crippen LogP contribution in [0.1, 0.15) is 58.1 Å². The molecule has 18 heteroatoms. The van der Waals surface area contributed by atoms with Crippen LogP contribution in [0.25, 0.3) is 0 Å². The van der Waals surface area contributed by atoms with Gasteiger partial charge < -0.3 is 58.7 Å². The molecule has 0 aliphatic heterocycles. The van der Waals surface area contributed by atoms with Gasteiger partial charge in [0.1, 0.15) is 42.0 Å². The lowest BCUT2D eigenvalue weighted by Crippen LogP contribution is -2.60. The zero-order valence-electron chi connectivity index (χ0n) is 31.4. The molecule has 6 amide bonds. The van der Waals surface area contributed by atoms with E-state index in [1.807, 2.05) is 0 Å². The number of phenols is 1. The van der Waals surface area contributed by atoms with Crippen molar-refractivity contribution in [2.45, 2.75) is 108 Å². The molecule has 0 unspecified atom stereocenters. The van der Waals surface area contributed by atoms with Crippen LogP contribution in [0.3, 0.4) is 0 Å². The highest BCUT2D eigenvalue weighted by molar-refractivity contribution is 5.97. The highest BCUT2D eigenvalue weighted by Gasteiger charge is 2.33. The Morgan fingerprint density at radius 2 is 1.09 bits per heavy atom. The predicted molar refractivity (Wildman–Crippen MR) is 201 cm³/mol. The molecule has 8 atom stereocenters. The van der Waals surface area contributed by atoms with Crippen molar-refractivity contribution in [2.75, 3.05) is 6.54 Å². The maximum absolute atomic E-state index is 13.3. The number of nitrogens with two attached hydrogens (primary N) is 2. The molecule has 0 saturated heterocycles. The molecule has 13 N–H and O–H groups in total. The van der Waals surface area contributed by atoms with E-state index in [0.29, 0.717) is 30.5 Å². The van der Waals surface area contributed by atoms with Gasteiger partial charge in [0.2, 0.25) is 35.4 Å². The third-order valence-electron chi connectivity index (χ3n) is 8.52. The summed E-state index contributed by atoms with van der Waals surface area (Å²) in [5.41, 5.74) is 12.8. The number of aliphatic carboxylic acids is 1. The van der Waals surface area contributed by atoms with Gasteiger partial charge in [-0.3, -0.25) is 28.8 Å². The molecular formula is C37H54N8O10. The van der Waals surface area contributed by atoms with Gasteiger partial charge in [-0.25, -0.2) is 4.79 Å². The minimum atomic E-state index is -1.58. The van der Waals surface area contributed by atoms with E-state index in [9.17, 15) is 48.9 Å². The number of carbonyl (C=O) groups excluding carboxylic acids is 6. The van der Waals surface area contributed by atoms with Crippen molar-refractivity contribution >= 4 is 41.4 Å². The number of carboxylic acid groups (broad SMARTS) is 1. The van der Waals surface area contributed by atoms with Gasteiger partial charge in [0.05, 0.1) is 12.1 Å². The summed E-state index contributed by atoms with van der Waals surface area (Å²) in [4.78, 5) is 89.9. The molecule has 0 aromatic heterocycles. The molecule has 2 aromatic carbocycles. The fourth-order valence-corrected chi connectivity index (χ4v) is 5.20. The largest absolute Gasteiger partial charge is 0.508 e. The molecule has 0 aliphatic carbocycles. The number of aliphatic hydroxyl groups is 1. The number of unbranched alkanes of at least 4 members (excludes halogenated alkanes) is 1. The number of carboxylic acids is 1. The van der Waals surface area contributed by atoms with E-state index in [4.69, 9.17) is 11.5 Å². The van der Waals surface area contributed by atoms with E-state index in [-0.39, 0.29) is 25.0 Å². The summed E-state index contributed by atoms with van der Waals surface area (Å²) in [5.74, 6) is -5.96. The lowest BCUT2D eigenvalue weighted by molar-refractivity contribution is -0.142. The third-order valence-corrected chi connectivity index (χ3v) is 8.52. The lowest BCUT2D eigenvalue weighted by atomic mass is 10.0. The molecule has 2 rings (SSSR count). The molecule has 0 fully saturated rings. The van der Waals surface area contributed by atoms with E-state index in [1.165, 1.54) is 39.8 Å². The number of phenolic OH excluding ortho intramolecular Hbond substituents is 1. The van der Waals surface area contributed by atoms with Gasteiger partial charge in [-0.15, -0.1) is 0 Å². The van der Waals surface area contributed by atoms with Gasteiger partial charge in [0.25, 0.3) is 0 Å². The zero-order chi connectivity index (χ0) is 41.2. The molecule has 2 aromatic rings. The molecule has 0 bridgehead atoms. The van der Waals surface area contributed by atoms with Crippen LogP contribution in [-0.4, -0.2) is 112 Å². The maximum Gasteiger partial charge on any atom is 0.326 e. The molecule has 0 radical (unpaired) electrons. The summed E-state index contributed by atoms with van der Waals surface area (Å²) < 4.78 is 0. The summed E-state index contributed by atoms with van der Waals surface area (Å²) in [6.45, 7) is 5.59. The van der Waals surface area contributed by atoms with Crippen molar-refractivity contribution in [3.63, 3.8) is 0 Å². The standard InChI is InChI=1S/C37H54N8O10/c1-20(41-34(51)27(39)18-25-13-15-26(47)16-14-25)31(48)40-22(3)33(50)45-30(23(4)46)36(53)42-21(2)32(49)44-29(19-24-10-6-5-7-11-24)35(52)43-28(37(54)55)12-8-9-17-38/h5-7,10-11,13-16,20-23,27-30,46-47H,8-9,12,17-19,38-39H2,1-4H3,(H,40,48)(H,41,51)(H,42,53)(H,43,52)(H,44,49)(H,45,50)(H,54,55)/t20-,21-,22-,23+,27-,28-,29-,30-/m0/s1. The average molecular weight is 771 g/mol. The average Bonchev–Trinajstić information content (AvgIpc) is 3.13. The van der Waals surface area contributed by atoms with Crippen LogP contribution >= 0.6 is 0 Å². The summed E-state index contributed by atoms with van der Waals surface area (Å²) in [7, 11) is 0. The summed E-state index contributed by atoms with van der Waals surface area (Å²) >= 11 is 0. The molecule has 0 aliphatic rings. The first-order valence-corrected chi connectivity index (χ1v) is 17.9. The van der Waals surface area contributed by atoms with Crippen molar-refractivity contribution in [1.82, 2.24) is 31.9 Å². The van der Waals surface area contributed by atoms with Gasteiger partial charge in [0, 0.05) is 6.42 Å². The molecule has 18 nitrogen and oxygen atoms in total. The van der Waals surface area contributed by atoms with Crippen LogP contribution in [0, 0.1) is 0 Å². The molecular weight excluding hydrogens is 716 g/mol. The first-order valence-electron chi connectivity index (χ1n) is 17.9. The summed E-state index contributed by atoms with van der Waals surface area (Å²) in [6.07, 6.45) is -0.192. The second-order valence-electron chi connectivity index (χ2n) is 13.3. The number of hydrogen-bond acceptors (Lipinski definition) is 11. The van der Waals surface area contributed by atoms with Crippen molar-refractivity contribution in [3.05, 3.63) is 65.7 Å². The number of aliphatic hydroxyl groups excluding tert-OH is 1. The zero-order valence-corrected chi connectivity index (χ0v) is 31.4. The van der Waals surface area contributed by atoms with E-state index < -0.39 is 89.8 Å². The van der Waals surface area contributed by atoms with E-state index in [0.717, 1.165) is 0 Å². The third kappa shape index (κ3) is 15.7. The van der Waals surface area contributed by atoms with Crippen molar-refractivity contribution in [2.24, 2.45) is 11.5 Å². The first-order chi connectivity index (χ1) is 25.9. The quantitative estimate of drug-likeness (QED) is 0.0584. The molecule has 0 spiro atoms. The fraction of sp³-hybridized carbons (Fsp3) is 0.486. The Hall–Kier alpha value is -5.59. The molecule has 0 heterocycles. The Morgan fingerprint density at radius 1 is 0.600 bits per heavy atom. The van der Waals surface area contributed by atoms with Gasteiger partial charge >= 0.3 is 5.97 Å². The number of amides is 6. The van der Waals surface area contributed by atoms with E-state index >= 15 is 0 Å². The van der Waals surface area contributed by atoms with Crippen LogP contribution < -0.4 is 43.4 Å². The highest BCUT2D eigenvalue weighted by atomic mass is 16.4. The normalized spacial score (nSPS) is 15.3. The Bertz CT molecular complexity index is 1610. The van der Waals surface area contributed by atoms with E-state index in [2.05, 4.69) is 31.9 Å². The predicted octanol–water partition coefficient (Wildman–Crippen LogP) is -1.93. The number of benzene rings is 2. The van der Waals surface area contributed by atoms with Crippen molar-refractivity contribution < 1.29 is 48.9 Å². The number of nitrogens with one attached hydrogen (secondary N) is 6. The second-order valence-corrected chi connectivity index (χ2v) is 13.3. The van der Waals surface area contributed by atoms with Gasteiger partial charge in [-0.1, -0.05) is 42.5 Å². The monoisotopic (exact) mass is 770 g/mol. The molecule has 0 saturated carbocycles. The summed E-state index contributed by atoms with van der Waals surface area (Å²) in [6, 6.07) is 6.09. The minimum Gasteiger partial charge on any atom is -0.508 e. The van der Waals surface area contributed by atoms with Crippen LogP contribution in [-0.2, 0) is 46.4 Å². The number of aromatic hydroxyl groups is 1. The maximum atomic E-state index is 13.3. The number of rotatable bonds is 22. The fourth-order valence-electron chi connectivity index (χ4n) is 5.20. The van der Waals surface area contributed by atoms with Gasteiger partial charge in [-0.2, -0.15) is 0 Å². The minimum absolute atomic E-state index is 0.000901. The lowest BCUT2D eigenvalue weighted by Gasteiger charge is -2.26. The Balaban J connectivity index is 2.01. The van der Waals surface area contributed by atoms with Crippen LogP contribution in [0.15, 0.2) is 54.6 Å². The Labute approximate surface area is 319 Å². The topological polar surface area (TPSA) is 304 Å². The highest BCUT2D eigenvalue weighted by Crippen LogP contribution is 2.11. The van der Waals surface area contributed by atoms with Gasteiger partial charge in [-0.05, 0) is 83.2 Å². The van der Waals surface area contributed by atoms with Crippen molar-refractivity contribution in [1.29, 1.82) is 0 Å². The van der Waals surface area contributed by atoms with Gasteiger partial charge in [0.15, 0.2) is 0 Å². The van der Waals surface area contributed by atoms with Crippen LogP contribution in [0.2, 0.25) is 0 Å². The van der Waals surface area contributed by atoms with E-state index in [1.54, 1.807) is 42.5 Å². The smallest absolute Gasteiger partial charge is 0.326 e. The Kier molecular flexibility index (Phi) is 18.7. The molecule has 55 heavy (non-hydrogen) atoms. The Morgan fingerprint density at radius 3 is 1.64 bits per heavy atom. The first kappa shape index (κ1) is 45.6. The second kappa shape index (κ2) is 22.6. The number of hydrogen-bond donors (Lipinski definition) is 11. The molecule has 302 valence electrons. The number of carbonyl (C=O) groups is 7.